The summed E-state index contributed by atoms with van der Waals surface area (Å²) in [6.45, 7) is 0.141. The summed E-state index contributed by atoms with van der Waals surface area (Å²) in [7, 11) is 3.03. The van der Waals surface area contributed by atoms with Crippen molar-refractivity contribution in [1.29, 1.82) is 0 Å². The van der Waals surface area contributed by atoms with Gasteiger partial charge in [0.2, 0.25) is 12.7 Å². The minimum Gasteiger partial charge on any atom is -0.507 e. The lowest BCUT2D eigenvalue weighted by atomic mass is 9.86. The maximum absolute atomic E-state index is 13.4. The number of aromatic hydroxyl groups is 1. The van der Waals surface area contributed by atoms with E-state index in [4.69, 9.17) is 18.9 Å². The molecule has 1 atom stereocenters. The van der Waals surface area contributed by atoms with E-state index in [1.807, 2.05) is 54.6 Å². The van der Waals surface area contributed by atoms with Gasteiger partial charge in [-0.15, -0.1) is 0 Å². The van der Waals surface area contributed by atoms with Crippen LogP contribution in [0.2, 0.25) is 0 Å². The molecule has 2 N–H and O–H groups in total. The van der Waals surface area contributed by atoms with Gasteiger partial charge in [-0.05, 0) is 29.1 Å². The molecular formula is C28H25NO6. The van der Waals surface area contributed by atoms with Crippen LogP contribution in [0.25, 0.3) is 10.8 Å². The second-order valence-corrected chi connectivity index (χ2v) is 8.21. The van der Waals surface area contributed by atoms with Crippen molar-refractivity contribution in [2.45, 2.75) is 12.3 Å². The fourth-order valence-electron chi connectivity index (χ4n) is 4.46. The SMILES string of the molecule is COc1cc(O)c(C(CC(=O)Nc2cccc3ccccc23)c2ccc3c(c2)OCO3)c(OC)c1. The lowest BCUT2D eigenvalue weighted by Crippen LogP contribution is -2.17. The Labute approximate surface area is 202 Å². The van der Waals surface area contributed by atoms with Gasteiger partial charge < -0.3 is 29.4 Å². The van der Waals surface area contributed by atoms with Crippen molar-refractivity contribution in [2.75, 3.05) is 26.3 Å². The Morgan fingerprint density at radius 2 is 1.77 bits per heavy atom. The van der Waals surface area contributed by atoms with Gasteiger partial charge in [0.15, 0.2) is 11.5 Å². The highest BCUT2D eigenvalue weighted by Gasteiger charge is 2.28. The summed E-state index contributed by atoms with van der Waals surface area (Å²) >= 11 is 0. The first-order valence-corrected chi connectivity index (χ1v) is 11.2. The number of ether oxygens (including phenoxy) is 4. The first-order chi connectivity index (χ1) is 17.1. The van der Waals surface area contributed by atoms with Crippen LogP contribution in [0.5, 0.6) is 28.7 Å². The molecule has 7 nitrogen and oxygen atoms in total. The number of nitrogens with one attached hydrogen (secondary N) is 1. The Morgan fingerprint density at radius 3 is 2.60 bits per heavy atom. The van der Waals surface area contributed by atoms with Gasteiger partial charge in [0.1, 0.15) is 17.2 Å². The van der Waals surface area contributed by atoms with Crippen molar-refractivity contribution < 1.29 is 28.8 Å². The van der Waals surface area contributed by atoms with Crippen LogP contribution in [-0.4, -0.2) is 32.0 Å². The average Bonchev–Trinajstić information content (AvgIpc) is 3.35. The van der Waals surface area contributed by atoms with Crippen LogP contribution in [-0.2, 0) is 4.79 Å². The normalized spacial score (nSPS) is 12.9. The standard InChI is InChI=1S/C28H25NO6/c1-32-19-13-23(30)28(26(14-19)33-2)21(18-10-11-24-25(12-18)35-16-34-24)15-27(31)29-22-9-5-7-17-6-3-4-8-20(17)22/h3-14,21,30H,15-16H2,1-2H3,(H,29,31). The Morgan fingerprint density at radius 1 is 0.971 bits per heavy atom. The van der Waals surface area contributed by atoms with Gasteiger partial charge in [-0.1, -0.05) is 42.5 Å². The molecule has 1 aliphatic heterocycles. The second-order valence-electron chi connectivity index (χ2n) is 8.21. The third-order valence-corrected chi connectivity index (χ3v) is 6.15. The maximum Gasteiger partial charge on any atom is 0.231 e. The first kappa shape index (κ1) is 22.4. The summed E-state index contributed by atoms with van der Waals surface area (Å²) < 4.78 is 21.9. The number of phenols is 1. The number of carbonyl (C=O) groups is 1. The molecule has 7 heteroatoms. The molecular weight excluding hydrogens is 446 g/mol. The minimum atomic E-state index is -0.527. The minimum absolute atomic E-state index is 0.0261. The number of hydrogen-bond donors (Lipinski definition) is 2. The molecule has 35 heavy (non-hydrogen) atoms. The van der Waals surface area contributed by atoms with E-state index < -0.39 is 5.92 Å². The molecule has 0 aromatic heterocycles. The Bertz CT molecular complexity index is 1390. The number of benzene rings is 4. The predicted molar refractivity (Wildman–Crippen MR) is 133 cm³/mol. The molecule has 1 aliphatic rings. The number of rotatable bonds is 7. The molecule has 178 valence electrons. The molecule has 0 aliphatic carbocycles. The molecule has 0 fully saturated rings. The monoisotopic (exact) mass is 471 g/mol. The largest absolute Gasteiger partial charge is 0.507 e. The number of methoxy groups -OCH3 is 2. The summed E-state index contributed by atoms with van der Waals surface area (Å²) in [5.74, 6) is 1.34. The maximum atomic E-state index is 13.4. The fraction of sp³-hybridized carbons (Fsp3) is 0.179. The number of hydrogen-bond acceptors (Lipinski definition) is 6. The Hall–Kier alpha value is -4.39. The third-order valence-electron chi connectivity index (χ3n) is 6.15. The van der Waals surface area contributed by atoms with E-state index in [9.17, 15) is 9.90 Å². The molecule has 0 saturated carbocycles. The highest BCUT2D eigenvalue weighted by atomic mass is 16.7. The van der Waals surface area contributed by atoms with Crippen molar-refractivity contribution in [3.8, 4) is 28.7 Å². The van der Waals surface area contributed by atoms with E-state index in [-0.39, 0.29) is 24.9 Å². The summed E-state index contributed by atoms with van der Waals surface area (Å²) in [6, 6.07) is 22.4. The van der Waals surface area contributed by atoms with E-state index in [0.717, 1.165) is 22.0 Å². The fourth-order valence-corrected chi connectivity index (χ4v) is 4.46. The van der Waals surface area contributed by atoms with Crippen molar-refractivity contribution >= 4 is 22.4 Å². The van der Waals surface area contributed by atoms with Crippen LogP contribution in [0.15, 0.2) is 72.8 Å². The molecule has 5 rings (SSSR count). The van der Waals surface area contributed by atoms with E-state index in [1.165, 1.54) is 20.3 Å². The van der Waals surface area contributed by atoms with Gasteiger partial charge in [0, 0.05) is 41.1 Å². The van der Waals surface area contributed by atoms with Crippen LogP contribution < -0.4 is 24.3 Å². The van der Waals surface area contributed by atoms with Crippen molar-refractivity contribution in [3.63, 3.8) is 0 Å². The topological polar surface area (TPSA) is 86.3 Å². The van der Waals surface area contributed by atoms with Crippen LogP contribution in [0.1, 0.15) is 23.5 Å². The molecule has 0 bridgehead atoms. The number of carbonyl (C=O) groups excluding carboxylic acids is 1. The lowest BCUT2D eigenvalue weighted by molar-refractivity contribution is -0.116. The zero-order valence-electron chi connectivity index (χ0n) is 19.4. The van der Waals surface area contributed by atoms with Crippen LogP contribution >= 0.6 is 0 Å². The lowest BCUT2D eigenvalue weighted by Gasteiger charge is -2.22. The summed E-state index contributed by atoms with van der Waals surface area (Å²) in [4.78, 5) is 13.4. The quantitative estimate of drug-likeness (QED) is 0.373. The van der Waals surface area contributed by atoms with E-state index in [2.05, 4.69) is 5.32 Å². The van der Waals surface area contributed by atoms with Gasteiger partial charge in [-0.3, -0.25) is 4.79 Å². The highest BCUT2D eigenvalue weighted by Crippen LogP contribution is 2.45. The van der Waals surface area contributed by atoms with E-state index >= 15 is 0 Å². The van der Waals surface area contributed by atoms with Crippen molar-refractivity contribution in [3.05, 3.63) is 83.9 Å². The predicted octanol–water partition coefficient (Wildman–Crippen LogP) is 5.45. The van der Waals surface area contributed by atoms with Gasteiger partial charge >= 0.3 is 0 Å². The third kappa shape index (κ3) is 4.40. The molecule has 0 spiro atoms. The number of phenolic OH excluding ortho intramolecular Hbond substituents is 1. The summed E-state index contributed by atoms with van der Waals surface area (Å²) in [5.41, 5.74) is 1.99. The average molecular weight is 472 g/mol. The molecule has 1 unspecified atom stereocenters. The molecule has 1 amide bonds. The smallest absolute Gasteiger partial charge is 0.231 e. The molecule has 4 aromatic carbocycles. The Balaban J connectivity index is 1.54. The molecule has 4 aromatic rings. The van der Waals surface area contributed by atoms with Gasteiger partial charge in [0.05, 0.1) is 14.2 Å². The second kappa shape index (κ2) is 9.46. The zero-order valence-corrected chi connectivity index (χ0v) is 19.4. The molecule has 0 radical (unpaired) electrons. The molecule has 0 saturated heterocycles. The van der Waals surface area contributed by atoms with E-state index in [1.54, 1.807) is 12.1 Å². The van der Waals surface area contributed by atoms with Gasteiger partial charge in [0.25, 0.3) is 0 Å². The summed E-state index contributed by atoms with van der Waals surface area (Å²) in [5, 5.41) is 16.0. The molecule has 1 heterocycles. The summed E-state index contributed by atoms with van der Waals surface area (Å²) in [6.07, 6.45) is 0.0547. The van der Waals surface area contributed by atoms with Crippen LogP contribution in [0.3, 0.4) is 0 Å². The van der Waals surface area contributed by atoms with Crippen molar-refractivity contribution in [1.82, 2.24) is 0 Å². The zero-order chi connectivity index (χ0) is 24.4. The highest BCUT2D eigenvalue weighted by molar-refractivity contribution is 6.02. The van der Waals surface area contributed by atoms with Crippen LogP contribution in [0.4, 0.5) is 5.69 Å². The van der Waals surface area contributed by atoms with Gasteiger partial charge in [-0.25, -0.2) is 0 Å². The van der Waals surface area contributed by atoms with E-state index in [0.29, 0.717) is 28.6 Å². The number of amides is 1. The van der Waals surface area contributed by atoms with Crippen molar-refractivity contribution in [2.24, 2.45) is 0 Å². The Kier molecular flexibility index (Phi) is 6.06. The first-order valence-electron chi connectivity index (χ1n) is 11.2. The van der Waals surface area contributed by atoms with Gasteiger partial charge in [-0.2, -0.15) is 0 Å². The van der Waals surface area contributed by atoms with Crippen LogP contribution in [0, 0.1) is 0 Å². The number of anilines is 1. The number of fused-ring (bicyclic) bond motifs is 2.